The van der Waals surface area contributed by atoms with Crippen LogP contribution in [0, 0.1) is 25.7 Å². The molecule has 4 N–H and O–H groups in total. The first-order valence-electron chi connectivity index (χ1n) is 16.6. The molecule has 2 bridgehead atoms. The molecular weight excluding hydrogens is 605 g/mol. The van der Waals surface area contributed by atoms with Gasteiger partial charge in [0.2, 0.25) is 5.91 Å². The number of aromatic nitrogens is 1. The Labute approximate surface area is 272 Å². The number of nitrogens with zero attached hydrogens (tertiary/aromatic N) is 2. The summed E-state index contributed by atoms with van der Waals surface area (Å²) in [6, 6.07) is 9.00. The van der Waals surface area contributed by atoms with Crippen LogP contribution >= 0.6 is 21.9 Å². The number of thiophene rings is 1. The second-order valence-corrected chi connectivity index (χ2v) is 18.3. The standard InChI is InChI=1S/C35H48N4O4S2/c1-20-14-21(2)16-23(15-20)31-30(32(40)22(3)38-9-11-39(12-10-38)24-8-13-45(42,43)19-24)26-17-29(44-34(26)37-31)35(4,5)18-27-25-6-7-28(27)36-33(25)41/h14-17,22,24-25,27-28,37,42-43H,6-13,18-19H2,1-5H3,(H,36,41). The topological polar surface area (TPSA) is 109 Å². The molecule has 8 nitrogen and oxygen atoms in total. The lowest BCUT2D eigenvalue weighted by Gasteiger charge is -2.40. The Morgan fingerprint density at radius 2 is 1.78 bits per heavy atom. The Morgan fingerprint density at radius 1 is 1.07 bits per heavy atom. The molecule has 0 radical (unpaired) electrons. The zero-order chi connectivity index (χ0) is 31.8. The summed E-state index contributed by atoms with van der Waals surface area (Å²) in [5, 5.41) is 4.22. The summed E-state index contributed by atoms with van der Waals surface area (Å²) in [6.07, 6.45) is 3.87. The third-order valence-corrected chi connectivity index (χ3v) is 14.4. The quantitative estimate of drug-likeness (QED) is 0.209. The van der Waals surface area contributed by atoms with E-state index in [1.165, 1.54) is 16.0 Å². The Hall–Kier alpha value is -2.21. The van der Waals surface area contributed by atoms with E-state index in [4.69, 9.17) is 0 Å². The van der Waals surface area contributed by atoms with E-state index in [0.29, 0.717) is 23.5 Å². The number of Topliss-reactive ketones (excluding diaryl/α,β-unsaturated/α-hetero) is 1. The number of benzene rings is 1. The van der Waals surface area contributed by atoms with Crippen molar-refractivity contribution in [2.75, 3.05) is 37.7 Å². The van der Waals surface area contributed by atoms with Crippen LogP contribution in [-0.4, -0.2) is 91.4 Å². The molecule has 1 amide bonds. The molecular formula is C35H48N4O4S2. The van der Waals surface area contributed by atoms with Crippen molar-refractivity contribution in [2.24, 2.45) is 11.8 Å². The monoisotopic (exact) mass is 652 g/mol. The Kier molecular flexibility index (Phi) is 8.02. The van der Waals surface area contributed by atoms with Crippen LogP contribution in [-0.2, 0) is 10.2 Å². The number of hydrogen-bond acceptors (Lipinski definition) is 7. The van der Waals surface area contributed by atoms with E-state index >= 15 is 0 Å². The maximum absolute atomic E-state index is 14.6. The first kappa shape index (κ1) is 31.4. The van der Waals surface area contributed by atoms with E-state index in [1.807, 2.05) is 6.92 Å². The van der Waals surface area contributed by atoms with Crippen LogP contribution in [0.5, 0.6) is 0 Å². The van der Waals surface area contributed by atoms with Crippen molar-refractivity contribution in [3.8, 4) is 11.3 Å². The molecule has 1 aromatic carbocycles. The van der Waals surface area contributed by atoms with Gasteiger partial charge in [-0.2, -0.15) is 10.6 Å². The van der Waals surface area contributed by atoms with Crippen LogP contribution in [0.2, 0.25) is 0 Å². The number of piperazine rings is 1. The maximum atomic E-state index is 14.6. The Bertz CT molecular complexity index is 1620. The van der Waals surface area contributed by atoms with Crippen LogP contribution in [0.25, 0.3) is 21.5 Å². The van der Waals surface area contributed by atoms with E-state index in [0.717, 1.165) is 78.9 Å². The molecule has 3 aliphatic heterocycles. The van der Waals surface area contributed by atoms with Gasteiger partial charge in [0.25, 0.3) is 0 Å². The summed E-state index contributed by atoms with van der Waals surface area (Å²) in [5.41, 5.74) is 4.96. The summed E-state index contributed by atoms with van der Waals surface area (Å²) < 4.78 is 20.3. The van der Waals surface area contributed by atoms with Crippen molar-refractivity contribution in [1.82, 2.24) is 20.1 Å². The minimum absolute atomic E-state index is 0.118. The molecule has 4 fully saturated rings. The highest BCUT2D eigenvalue weighted by molar-refractivity contribution is 8.24. The molecule has 244 valence electrons. The second-order valence-electron chi connectivity index (χ2n) is 14.9. The van der Waals surface area contributed by atoms with Crippen molar-refractivity contribution >= 4 is 43.8 Å². The number of piperidine rings is 1. The third-order valence-electron chi connectivity index (χ3n) is 11.2. The predicted molar refractivity (Wildman–Crippen MR) is 185 cm³/mol. The zero-order valence-electron chi connectivity index (χ0n) is 27.2. The van der Waals surface area contributed by atoms with Gasteiger partial charge in [0.15, 0.2) is 5.78 Å². The van der Waals surface area contributed by atoms with Crippen LogP contribution in [0.1, 0.15) is 72.8 Å². The lowest BCUT2D eigenvalue weighted by atomic mass is 9.78. The summed E-state index contributed by atoms with van der Waals surface area (Å²) in [6.45, 7) is 14.1. The van der Waals surface area contributed by atoms with Crippen LogP contribution < -0.4 is 5.32 Å². The van der Waals surface area contributed by atoms with Gasteiger partial charge < -0.3 is 10.3 Å². The number of nitrogens with one attached hydrogen (secondary N) is 2. The van der Waals surface area contributed by atoms with Crippen molar-refractivity contribution in [3.63, 3.8) is 0 Å². The number of carbonyl (C=O) groups excluding carboxylic acids is 2. The summed E-state index contributed by atoms with van der Waals surface area (Å²) in [7, 11) is -2.43. The number of carbonyl (C=O) groups is 2. The van der Waals surface area contributed by atoms with Crippen LogP contribution in [0.15, 0.2) is 24.3 Å². The molecule has 1 saturated carbocycles. The number of ketones is 1. The molecule has 45 heavy (non-hydrogen) atoms. The minimum Gasteiger partial charge on any atom is -0.353 e. The number of fused-ring (bicyclic) bond motifs is 3. The number of hydrogen-bond donors (Lipinski definition) is 4. The molecule has 5 heterocycles. The van der Waals surface area contributed by atoms with Crippen LogP contribution in [0.3, 0.4) is 0 Å². The van der Waals surface area contributed by atoms with Crippen molar-refractivity contribution < 1.29 is 18.7 Å². The van der Waals surface area contributed by atoms with Crippen molar-refractivity contribution in [2.45, 2.75) is 83.8 Å². The number of amides is 1. The normalized spacial score (nSPS) is 28.6. The number of H-pyrrole nitrogens is 1. The fraction of sp³-hybridized carbons (Fsp3) is 0.600. The molecule has 5 atom stereocenters. The second kappa shape index (κ2) is 11.5. The molecule has 3 aromatic rings. The van der Waals surface area contributed by atoms with Gasteiger partial charge in [0.1, 0.15) is 4.83 Å². The molecule has 2 aromatic heterocycles. The summed E-state index contributed by atoms with van der Waals surface area (Å²) in [5.74, 6) is 1.87. The highest BCUT2D eigenvalue weighted by atomic mass is 32.3. The fourth-order valence-electron chi connectivity index (χ4n) is 8.69. The summed E-state index contributed by atoms with van der Waals surface area (Å²) >= 11 is 1.76. The smallest absolute Gasteiger partial charge is 0.223 e. The Balaban J connectivity index is 1.18. The maximum Gasteiger partial charge on any atom is 0.223 e. The van der Waals surface area contributed by atoms with Gasteiger partial charge in [-0.1, -0.05) is 31.0 Å². The molecule has 10 heteroatoms. The molecule has 0 spiro atoms. The number of rotatable bonds is 8. The minimum atomic E-state index is -2.43. The van der Waals surface area contributed by atoms with Crippen molar-refractivity contribution in [3.05, 3.63) is 45.8 Å². The van der Waals surface area contributed by atoms with E-state index in [-0.39, 0.29) is 35.1 Å². The predicted octanol–water partition coefficient (Wildman–Crippen LogP) is 6.42. The van der Waals surface area contributed by atoms with Gasteiger partial charge in [0.05, 0.1) is 23.1 Å². The summed E-state index contributed by atoms with van der Waals surface area (Å²) in [4.78, 5) is 37.7. The lowest BCUT2D eigenvalue weighted by Crippen LogP contribution is -2.54. The highest BCUT2D eigenvalue weighted by Crippen LogP contribution is 2.49. The Morgan fingerprint density at radius 3 is 2.38 bits per heavy atom. The van der Waals surface area contributed by atoms with Gasteiger partial charge in [-0.25, -0.2) is 0 Å². The van der Waals surface area contributed by atoms with E-state index in [2.05, 4.69) is 72.1 Å². The van der Waals surface area contributed by atoms with Crippen LogP contribution in [0.4, 0.5) is 0 Å². The number of aromatic amines is 1. The fourth-order valence-corrected chi connectivity index (χ4v) is 11.7. The van der Waals surface area contributed by atoms with Gasteiger partial charge in [0, 0.05) is 60.2 Å². The highest BCUT2D eigenvalue weighted by Gasteiger charge is 2.49. The van der Waals surface area contributed by atoms with Gasteiger partial charge >= 0.3 is 0 Å². The van der Waals surface area contributed by atoms with Gasteiger partial charge in [-0.15, -0.1) is 11.3 Å². The van der Waals surface area contributed by atoms with E-state index in [1.54, 1.807) is 11.3 Å². The SMILES string of the molecule is Cc1cc(C)cc(-c2[nH]c3sc(C(C)(C)CC4C5CCC4C(=O)N5)cc3c2C(=O)C(C)N2CCN(C3CCS(O)(O)C3)CC2)c1. The van der Waals surface area contributed by atoms with Crippen molar-refractivity contribution in [1.29, 1.82) is 0 Å². The average molecular weight is 653 g/mol. The van der Waals surface area contributed by atoms with E-state index < -0.39 is 10.6 Å². The van der Waals surface area contributed by atoms with Gasteiger partial charge in [-0.05, 0) is 81.5 Å². The molecule has 1 aliphatic carbocycles. The molecule has 5 unspecified atom stereocenters. The molecule has 7 rings (SSSR count). The number of aryl methyl sites for hydroxylation is 2. The van der Waals surface area contributed by atoms with Gasteiger partial charge in [-0.3, -0.25) is 28.5 Å². The lowest BCUT2D eigenvalue weighted by molar-refractivity contribution is -0.124. The third kappa shape index (κ3) is 5.80. The largest absolute Gasteiger partial charge is 0.353 e. The zero-order valence-corrected chi connectivity index (χ0v) is 28.8. The molecule has 3 saturated heterocycles. The first-order valence-corrected chi connectivity index (χ1v) is 19.3. The van der Waals surface area contributed by atoms with E-state index in [9.17, 15) is 18.7 Å². The molecule has 4 aliphatic rings. The average Bonchev–Trinajstić information content (AvgIpc) is 3.78. The first-order chi connectivity index (χ1) is 21.3.